The molecular formula is C12H10N4S2. The Kier molecular flexibility index (Phi) is 3.05. The SMILES string of the molecule is CSc1nc(SC)c2nnc3ccccc3c2n1. The number of aromatic nitrogens is 4. The average Bonchev–Trinajstić information content (AvgIpc) is 2.45. The lowest BCUT2D eigenvalue weighted by atomic mass is 10.2. The summed E-state index contributed by atoms with van der Waals surface area (Å²) in [5.74, 6) is 0. The van der Waals surface area contributed by atoms with E-state index < -0.39 is 0 Å². The van der Waals surface area contributed by atoms with E-state index in [4.69, 9.17) is 0 Å². The Morgan fingerprint density at radius 1 is 0.889 bits per heavy atom. The number of rotatable bonds is 2. The number of nitrogens with zero attached hydrogens (tertiary/aromatic N) is 4. The fraction of sp³-hybridized carbons (Fsp3) is 0.167. The average molecular weight is 274 g/mol. The van der Waals surface area contributed by atoms with Crippen LogP contribution < -0.4 is 0 Å². The zero-order valence-electron chi connectivity index (χ0n) is 9.91. The summed E-state index contributed by atoms with van der Waals surface area (Å²) in [7, 11) is 0. The van der Waals surface area contributed by atoms with Crippen molar-refractivity contribution in [3.8, 4) is 0 Å². The van der Waals surface area contributed by atoms with Gasteiger partial charge in [0.1, 0.15) is 16.1 Å². The maximum atomic E-state index is 4.57. The topological polar surface area (TPSA) is 51.6 Å². The van der Waals surface area contributed by atoms with Gasteiger partial charge in [0, 0.05) is 5.39 Å². The van der Waals surface area contributed by atoms with Gasteiger partial charge in [0.15, 0.2) is 5.16 Å². The van der Waals surface area contributed by atoms with E-state index in [2.05, 4.69) is 20.2 Å². The van der Waals surface area contributed by atoms with Crippen LogP contribution in [0, 0.1) is 0 Å². The summed E-state index contributed by atoms with van der Waals surface area (Å²) < 4.78 is 0. The zero-order valence-corrected chi connectivity index (χ0v) is 11.5. The van der Waals surface area contributed by atoms with Crippen molar-refractivity contribution < 1.29 is 0 Å². The lowest BCUT2D eigenvalue weighted by Gasteiger charge is -2.05. The van der Waals surface area contributed by atoms with Crippen LogP contribution >= 0.6 is 23.5 Å². The molecule has 0 spiro atoms. The van der Waals surface area contributed by atoms with Gasteiger partial charge in [-0.05, 0) is 18.6 Å². The van der Waals surface area contributed by atoms with E-state index in [9.17, 15) is 0 Å². The van der Waals surface area contributed by atoms with Gasteiger partial charge < -0.3 is 0 Å². The molecule has 90 valence electrons. The van der Waals surface area contributed by atoms with E-state index in [0.29, 0.717) is 0 Å². The van der Waals surface area contributed by atoms with Crippen LogP contribution in [0.2, 0.25) is 0 Å². The van der Waals surface area contributed by atoms with Crippen molar-refractivity contribution in [1.82, 2.24) is 20.2 Å². The van der Waals surface area contributed by atoms with Crippen molar-refractivity contribution >= 4 is 45.5 Å². The molecule has 0 radical (unpaired) electrons. The highest BCUT2D eigenvalue weighted by Crippen LogP contribution is 2.28. The van der Waals surface area contributed by atoms with Gasteiger partial charge in [-0.1, -0.05) is 30.0 Å². The second-order valence-corrected chi connectivity index (χ2v) is 5.20. The third-order valence-corrected chi connectivity index (χ3v) is 3.84. The Balaban J connectivity index is 2.48. The molecule has 0 aliphatic carbocycles. The highest BCUT2D eigenvalue weighted by molar-refractivity contribution is 7.99. The highest BCUT2D eigenvalue weighted by atomic mass is 32.2. The van der Waals surface area contributed by atoms with Crippen molar-refractivity contribution in [1.29, 1.82) is 0 Å². The molecule has 0 fully saturated rings. The Morgan fingerprint density at radius 3 is 2.50 bits per heavy atom. The molecule has 0 saturated heterocycles. The van der Waals surface area contributed by atoms with Gasteiger partial charge in [0.25, 0.3) is 0 Å². The van der Waals surface area contributed by atoms with Gasteiger partial charge in [-0.2, -0.15) is 0 Å². The summed E-state index contributed by atoms with van der Waals surface area (Å²) in [6.07, 6.45) is 3.96. The van der Waals surface area contributed by atoms with Crippen molar-refractivity contribution in [2.24, 2.45) is 0 Å². The van der Waals surface area contributed by atoms with Gasteiger partial charge in [-0.3, -0.25) is 0 Å². The molecule has 4 nitrogen and oxygen atoms in total. The van der Waals surface area contributed by atoms with Crippen LogP contribution in [0.4, 0.5) is 0 Å². The lowest BCUT2D eigenvalue weighted by Crippen LogP contribution is -1.96. The molecule has 3 rings (SSSR count). The van der Waals surface area contributed by atoms with E-state index in [1.165, 1.54) is 11.8 Å². The van der Waals surface area contributed by atoms with Crippen LogP contribution in [-0.2, 0) is 0 Å². The first-order valence-corrected chi connectivity index (χ1v) is 7.79. The Labute approximate surface area is 113 Å². The molecule has 0 atom stereocenters. The van der Waals surface area contributed by atoms with Crippen molar-refractivity contribution in [3.05, 3.63) is 24.3 Å². The molecule has 0 saturated carbocycles. The third kappa shape index (κ3) is 1.81. The number of benzene rings is 1. The summed E-state index contributed by atoms with van der Waals surface area (Å²) in [6, 6.07) is 7.91. The molecular weight excluding hydrogens is 264 g/mol. The van der Waals surface area contributed by atoms with Crippen LogP contribution in [0.15, 0.2) is 34.4 Å². The van der Waals surface area contributed by atoms with Gasteiger partial charge in [0.2, 0.25) is 0 Å². The zero-order chi connectivity index (χ0) is 12.5. The minimum atomic E-state index is 0.769. The van der Waals surface area contributed by atoms with Crippen LogP contribution in [0.5, 0.6) is 0 Å². The number of thioether (sulfide) groups is 2. The van der Waals surface area contributed by atoms with E-state index in [0.717, 1.165) is 32.1 Å². The first-order valence-electron chi connectivity index (χ1n) is 5.34. The molecule has 6 heteroatoms. The Bertz CT molecular complexity index is 730. The van der Waals surface area contributed by atoms with E-state index >= 15 is 0 Å². The van der Waals surface area contributed by atoms with Gasteiger partial charge >= 0.3 is 0 Å². The quantitative estimate of drug-likeness (QED) is 0.310. The fourth-order valence-corrected chi connectivity index (χ4v) is 2.72. The normalized spacial score (nSPS) is 11.2. The van der Waals surface area contributed by atoms with E-state index in [1.807, 2.05) is 36.8 Å². The standard InChI is InChI=1S/C12H10N4S2/c1-17-11-10-9(13-12(14-11)18-2)7-5-3-4-6-8(7)15-16-10/h3-6H,1-2H3. The van der Waals surface area contributed by atoms with Crippen molar-refractivity contribution in [2.75, 3.05) is 12.5 Å². The summed E-state index contributed by atoms with van der Waals surface area (Å²) in [4.78, 5) is 9.02. The summed E-state index contributed by atoms with van der Waals surface area (Å²) in [5.41, 5.74) is 2.52. The summed E-state index contributed by atoms with van der Waals surface area (Å²) >= 11 is 3.11. The highest BCUT2D eigenvalue weighted by Gasteiger charge is 2.11. The van der Waals surface area contributed by atoms with Crippen molar-refractivity contribution in [3.63, 3.8) is 0 Å². The summed E-state index contributed by atoms with van der Waals surface area (Å²) in [6.45, 7) is 0. The molecule has 0 aliphatic rings. The predicted molar refractivity (Wildman–Crippen MR) is 76.2 cm³/mol. The minimum absolute atomic E-state index is 0.769. The van der Waals surface area contributed by atoms with Crippen LogP contribution in [0.25, 0.3) is 21.9 Å². The molecule has 2 heterocycles. The maximum Gasteiger partial charge on any atom is 0.189 e. The second-order valence-electron chi connectivity index (χ2n) is 3.63. The molecule has 0 aliphatic heterocycles. The fourth-order valence-electron chi connectivity index (χ4n) is 1.79. The van der Waals surface area contributed by atoms with E-state index in [1.54, 1.807) is 11.8 Å². The van der Waals surface area contributed by atoms with Gasteiger partial charge in [-0.25, -0.2) is 9.97 Å². The molecule has 18 heavy (non-hydrogen) atoms. The Morgan fingerprint density at radius 2 is 1.72 bits per heavy atom. The van der Waals surface area contributed by atoms with Gasteiger partial charge in [0.05, 0.1) is 5.52 Å². The Hall–Kier alpha value is -1.40. The second kappa shape index (κ2) is 4.70. The van der Waals surface area contributed by atoms with Crippen LogP contribution in [-0.4, -0.2) is 32.7 Å². The smallest absolute Gasteiger partial charge is 0.189 e. The first-order chi connectivity index (χ1) is 8.83. The third-order valence-electron chi connectivity index (χ3n) is 2.62. The number of hydrogen-bond donors (Lipinski definition) is 0. The predicted octanol–water partition coefficient (Wildman–Crippen LogP) is 3.02. The molecule has 2 aromatic heterocycles. The molecule has 1 aromatic carbocycles. The van der Waals surface area contributed by atoms with Crippen molar-refractivity contribution in [2.45, 2.75) is 10.2 Å². The number of hydrogen-bond acceptors (Lipinski definition) is 6. The molecule has 0 unspecified atom stereocenters. The lowest BCUT2D eigenvalue weighted by molar-refractivity contribution is 0.916. The molecule has 0 amide bonds. The largest absolute Gasteiger partial charge is 0.220 e. The van der Waals surface area contributed by atoms with Gasteiger partial charge in [-0.15, -0.1) is 22.0 Å². The minimum Gasteiger partial charge on any atom is -0.220 e. The molecule has 0 bridgehead atoms. The molecule has 0 N–H and O–H groups in total. The monoisotopic (exact) mass is 274 g/mol. The number of fused-ring (bicyclic) bond motifs is 3. The van der Waals surface area contributed by atoms with E-state index in [-0.39, 0.29) is 0 Å². The first kappa shape index (κ1) is 11.7. The summed E-state index contributed by atoms with van der Waals surface area (Å²) in [5, 5.41) is 11.1. The van der Waals surface area contributed by atoms with Crippen LogP contribution in [0.3, 0.4) is 0 Å². The molecule has 3 aromatic rings. The van der Waals surface area contributed by atoms with Crippen LogP contribution in [0.1, 0.15) is 0 Å². The maximum absolute atomic E-state index is 4.57.